The Balaban J connectivity index is 1.74. The van der Waals surface area contributed by atoms with Gasteiger partial charge in [0.1, 0.15) is 0 Å². The molecule has 2 aliphatic heterocycles. The van der Waals surface area contributed by atoms with Crippen LogP contribution < -0.4 is 7.34 Å². The number of carbonyl (C=O) groups excluding carboxylic acids is 1. The molecule has 2 bridgehead atoms. The Hall–Kier alpha value is -0.668. The second-order valence-corrected chi connectivity index (χ2v) is 11.0. The number of nitrogens with zero attached hydrogens (tertiary/aromatic N) is 3. The Kier molecular flexibility index (Phi) is 5.27. The summed E-state index contributed by atoms with van der Waals surface area (Å²) in [6.07, 6.45) is 6.20. The Morgan fingerprint density at radius 1 is 1.48 bits per heavy atom. The first-order valence-corrected chi connectivity index (χ1v) is 10.6. The molecule has 2 fully saturated rings. The van der Waals surface area contributed by atoms with Crippen molar-refractivity contribution in [1.82, 2.24) is 9.80 Å². The fourth-order valence-electron chi connectivity index (χ4n) is 3.38. The van der Waals surface area contributed by atoms with E-state index in [-0.39, 0.29) is 11.9 Å². The van der Waals surface area contributed by atoms with E-state index >= 15 is 0 Å². The number of carbonyl (C=O) groups is 1. The molecule has 6 heteroatoms. The van der Waals surface area contributed by atoms with Crippen LogP contribution in [0.25, 0.3) is 0 Å². The average molecular weight is 524 g/mol. The summed E-state index contributed by atoms with van der Waals surface area (Å²) in [6.45, 7) is 5.89. The minimum atomic E-state index is -0.0371. The number of fused-ring (bicyclic) bond motifs is 2. The van der Waals surface area contributed by atoms with E-state index in [1.807, 2.05) is 19.0 Å². The number of anilines is 1. The molecule has 0 saturated carbocycles. The maximum absolute atomic E-state index is 12.9. The van der Waals surface area contributed by atoms with E-state index in [4.69, 9.17) is 0 Å². The van der Waals surface area contributed by atoms with Gasteiger partial charge in [-0.2, -0.15) is 0 Å². The van der Waals surface area contributed by atoms with Crippen LogP contribution in [0.5, 0.6) is 0 Å². The molecule has 23 heavy (non-hydrogen) atoms. The molecule has 1 aromatic heterocycles. The summed E-state index contributed by atoms with van der Waals surface area (Å²) in [7, 11) is 4.09. The molecule has 3 rings (SSSR count). The predicted molar refractivity (Wildman–Crippen MR) is 97.5 cm³/mol. The molecule has 3 heterocycles. The molecule has 0 N–H and O–H groups in total. The molecular formula is C17H22N3OPbS. The molecule has 0 aromatic carbocycles. The van der Waals surface area contributed by atoms with Crippen molar-refractivity contribution in [3.8, 4) is 0 Å². The van der Waals surface area contributed by atoms with E-state index in [0.717, 1.165) is 62.4 Å². The molecule has 2 aliphatic rings. The normalized spacial score (nSPS) is 24.3. The first-order valence-electron chi connectivity index (χ1n) is 7.88. The molecule has 0 aliphatic carbocycles. The fourth-order valence-corrected chi connectivity index (χ4v) is 5.69. The number of piperazine rings is 1. The van der Waals surface area contributed by atoms with Gasteiger partial charge in [0.15, 0.2) is 0 Å². The SMILES string of the molecule is C=C(/C=C/CN(C)C)N1C2CCC1C(=O)N(c1cc[c]([Pb])s1)C2. The Labute approximate surface area is 158 Å². The Morgan fingerprint density at radius 3 is 2.91 bits per heavy atom. The standard InChI is InChI=1S/C17H22N3OS.Pb/c1-13(6-4-10-18(2)3)20-14-8-9-15(20)17(21)19(12-14)16-7-5-11-22-16;/h4-7,14-15H,1,8-10,12H2,2-3H3;/b6-4+;. The molecule has 2 saturated heterocycles. The van der Waals surface area contributed by atoms with Crippen molar-refractivity contribution >= 4 is 50.4 Å². The number of allylic oxidation sites excluding steroid dienone is 1. The fraction of sp³-hybridized carbons (Fsp3) is 0.471. The van der Waals surface area contributed by atoms with E-state index in [1.54, 1.807) is 11.3 Å². The predicted octanol–water partition coefficient (Wildman–Crippen LogP) is 1.35. The number of hydrogen-bond donors (Lipinski definition) is 0. The van der Waals surface area contributed by atoms with Gasteiger partial charge in [-0.05, 0) is 14.1 Å². The zero-order chi connectivity index (χ0) is 16.6. The monoisotopic (exact) mass is 524 g/mol. The number of amides is 1. The Morgan fingerprint density at radius 2 is 2.26 bits per heavy atom. The number of hydrogen-bond acceptors (Lipinski definition) is 4. The second-order valence-electron chi connectivity index (χ2n) is 6.40. The third-order valence-electron chi connectivity index (χ3n) is 4.42. The van der Waals surface area contributed by atoms with E-state index in [1.165, 1.54) is 2.44 Å². The summed E-state index contributed by atoms with van der Waals surface area (Å²) in [4.78, 5) is 19.3. The van der Waals surface area contributed by atoms with Gasteiger partial charge in [-0.25, -0.2) is 0 Å². The summed E-state index contributed by atoms with van der Waals surface area (Å²) >= 11 is 2.81. The minimum absolute atomic E-state index is 0.0371. The van der Waals surface area contributed by atoms with Gasteiger partial charge < -0.3 is 0 Å². The quantitative estimate of drug-likeness (QED) is 0.431. The summed E-state index contributed by atoms with van der Waals surface area (Å²) in [5, 5.41) is 1.12. The van der Waals surface area contributed by atoms with Crippen molar-refractivity contribution in [2.24, 2.45) is 0 Å². The van der Waals surface area contributed by atoms with Gasteiger partial charge in [0.05, 0.1) is 0 Å². The van der Waals surface area contributed by atoms with Crippen LogP contribution in [0.2, 0.25) is 0 Å². The average Bonchev–Trinajstić information content (AvgIpc) is 3.06. The van der Waals surface area contributed by atoms with Crippen LogP contribution in [-0.2, 0) is 4.79 Å². The van der Waals surface area contributed by atoms with E-state index in [2.05, 4.69) is 40.7 Å². The van der Waals surface area contributed by atoms with Crippen molar-refractivity contribution in [2.45, 2.75) is 24.9 Å². The molecule has 1 aromatic rings. The van der Waals surface area contributed by atoms with Gasteiger partial charge in [0.2, 0.25) is 0 Å². The van der Waals surface area contributed by atoms with Gasteiger partial charge >= 0.3 is 145 Å². The van der Waals surface area contributed by atoms with Crippen molar-refractivity contribution in [3.63, 3.8) is 0 Å². The summed E-state index contributed by atoms with van der Waals surface area (Å²) in [5.74, 6) is 0.240. The number of rotatable bonds is 5. The van der Waals surface area contributed by atoms with Crippen molar-refractivity contribution in [1.29, 1.82) is 0 Å². The number of thiophene rings is 1. The second kappa shape index (κ2) is 7.06. The van der Waals surface area contributed by atoms with Gasteiger partial charge in [0, 0.05) is 0 Å². The Bertz CT molecular complexity index is 640. The summed E-state index contributed by atoms with van der Waals surface area (Å²) < 4.78 is 1.39. The first-order chi connectivity index (χ1) is 11.0. The molecule has 2 atom stereocenters. The number of likely N-dealkylation sites (N-methyl/N-ethyl adjacent to an activating group) is 1. The zero-order valence-corrected chi connectivity index (χ0v) is 18.4. The van der Waals surface area contributed by atoms with Crippen molar-refractivity contribution in [3.05, 3.63) is 36.6 Å². The van der Waals surface area contributed by atoms with Crippen molar-refractivity contribution in [2.75, 3.05) is 32.1 Å². The zero-order valence-electron chi connectivity index (χ0n) is 13.7. The molecule has 0 spiro atoms. The molecular weight excluding hydrogens is 501 g/mol. The van der Waals surface area contributed by atoms with Gasteiger partial charge in [-0.15, -0.1) is 0 Å². The molecule has 1 amide bonds. The van der Waals surface area contributed by atoms with E-state index < -0.39 is 0 Å². The summed E-state index contributed by atoms with van der Waals surface area (Å²) in [5.41, 5.74) is 0.974. The molecule has 2 unspecified atom stereocenters. The third-order valence-corrected chi connectivity index (χ3v) is 7.18. The molecule has 4 nitrogen and oxygen atoms in total. The van der Waals surface area contributed by atoms with Crippen molar-refractivity contribution < 1.29 is 4.79 Å². The van der Waals surface area contributed by atoms with Crippen LogP contribution in [-0.4, -0.2) is 80.7 Å². The van der Waals surface area contributed by atoms with Crippen LogP contribution in [0.4, 0.5) is 5.00 Å². The van der Waals surface area contributed by atoms with Crippen LogP contribution in [0.1, 0.15) is 12.8 Å². The van der Waals surface area contributed by atoms with Gasteiger partial charge in [-0.3, -0.25) is 0 Å². The molecule has 121 valence electrons. The topological polar surface area (TPSA) is 26.8 Å². The first kappa shape index (κ1) is 17.2. The van der Waals surface area contributed by atoms with Crippen LogP contribution in [0, 0.1) is 0 Å². The van der Waals surface area contributed by atoms with Crippen LogP contribution >= 0.6 is 11.3 Å². The van der Waals surface area contributed by atoms with Gasteiger partial charge in [-0.1, -0.05) is 0 Å². The summed E-state index contributed by atoms with van der Waals surface area (Å²) in [6, 6.07) is 4.61. The van der Waals surface area contributed by atoms with Crippen LogP contribution in [0.15, 0.2) is 36.6 Å². The molecule has 3 radical (unpaired) electrons. The van der Waals surface area contributed by atoms with Crippen LogP contribution in [0.3, 0.4) is 0 Å². The van der Waals surface area contributed by atoms with E-state index in [9.17, 15) is 4.79 Å². The van der Waals surface area contributed by atoms with E-state index in [0.29, 0.717) is 6.04 Å². The maximum atomic E-state index is 12.9. The third kappa shape index (κ3) is 3.56. The van der Waals surface area contributed by atoms with Gasteiger partial charge in [0.25, 0.3) is 0 Å².